The summed E-state index contributed by atoms with van der Waals surface area (Å²) in [6.07, 6.45) is 7.40. The molecule has 2 N–H and O–H groups in total. The molecule has 1 fully saturated rings. The summed E-state index contributed by atoms with van der Waals surface area (Å²) in [7, 11) is 1.48. The van der Waals surface area contributed by atoms with E-state index < -0.39 is 10.0 Å². The lowest BCUT2D eigenvalue weighted by molar-refractivity contribution is 0.310. The van der Waals surface area contributed by atoms with Gasteiger partial charge in [-0.3, -0.25) is 14.3 Å². The molecule has 40 heavy (non-hydrogen) atoms. The Morgan fingerprint density at radius 1 is 0.975 bits per heavy atom. The fourth-order valence-corrected chi connectivity index (χ4v) is 4.93. The van der Waals surface area contributed by atoms with Crippen LogP contribution in [-0.2, 0) is 10.0 Å². The van der Waals surface area contributed by atoms with Crippen molar-refractivity contribution in [2.75, 3.05) is 73.5 Å². The smallest absolute Gasteiger partial charge is 0.242 e. The summed E-state index contributed by atoms with van der Waals surface area (Å²) < 4.78 is 32.2. The first-order valence-corrected chi connectivity index (χ1v) is 14.9. The number of benzene rings is 1. The molecular weight excluding hydrogens is 602 g/mol. The van der Waals surface area contributed by atoms with Crippen LogP contribution in [0.25, 0.3) is 11.0 Å². The number of ether oxygens (including phenoxy) is 1. The van der Waals surface area contributed by atoms with Crippen molar-refractivity contribution in [2.45, 2.75) is 0 Å². The van der Waals surface area contributed by atoms with E-state index in [9.17, 15) is 8.42 Å². The zero-order chi connectivity index (χ0) is 28.4. The molecule has 4 aromatic rings. The fraction of sp³-hybridized carbons (Fsp3) is 0.333. The third kappa shape index (κ3) is 5.83. The van der Waals surface area contributed by atoms with Gasteiger partial charge in [0.25, 0.3) is 0 Å². The van der Waals surface area contributed by atoms with E-state index in [0.717, 1.165) is 36.7 Å². The summed E-state index contributed by atoms with van der Waals surface area (Å²) in [5, 5.41) is 6.33. The molecule has 14 nitrogen and oxygen atoms in total. The van der Waals surface area contributed by atoms with Crippen LogP contribution in [0.15, 0.2) is 41.4 Å². The van der Waals surface area contributed by atoms with Crippen LogP contribution in [0, 0.1) is 0 Å². The van der Waals surface area contributed by atoms with Gasteiger partial charge in [0, 0.05) is 51.8 Å². The van der Waals surface area contributed by atoms with Crippen molar-refractivity contribution in [2.24, 2.45) is 0 Å². The molecule has 0 radical (unpaired) electrons. The van der Waals surface area contributed by atoms with Crippen LogP contribution < -0.4 is 24.6 Å². The van der Waals surface area contributed by atoms with Crippen LogP contribution in [-0.4, -0.2) is 96.9 Å². The number of hydrogen-bond donors (Lipinski definition) is 2. The largest absolute Gasteiger partial charge is 0.479 e. The number of fused-ring (bicyclic) bond motifs is 1. The van der Waals surface area contributed by atoms with E-state index in [1.165, 1.54) is 13.2 Å². The highest BCUT2D eigenvalue weighted by molar-refractivity contribution is 9.10. The number of aromatic nitrogens is 6. The molecule has 4 heterocycles. The molecule has 16 heteroatoms. The Hall–Kier alpha value is -3.89. The molecule has 0 spiro atoms. The third-order valence-electron chi connectivity index (χ3n) is 6.39. The number of likely N-dealkylation sites (N-methyl/N-ethyl adjacent to an activating group) is 1. The van der Waals surface area contributed by atoms with Gasteiger partial charge < -0.3 is 25.2 Å². The molecule has 0 aliphatic carbocycles. The highest BCUT2D eigenvalue weighted by Gasteiger charge is 2.22. The molecule has 0 amide bonds. The number of piperazine rings is 1. The molecular formula is C24H28BrN11O3S. The minimum Gasteiger partial charge on any atom is -0.479 e. The molecule has 0 bridgehead atoms. The van der Waals surface area contributed by atoms with E-state index >= 15 is 0 Å². The average molecular weight is 631 g/mol. The summed E-state index contributed by atoms with van der Waals surface area (Å²) in [6.45, 7) is 3.52. The fourth-order valence-electron chi connectivity index (χ4n) is 4.13. The van der Waals surface area contributed by atoms with Crippen molar-refractivity contribution in [1.29, 1.82) is 0 Å². The van der Waals surface area contributed by atoms with Gasteiger partial charge in [-0.2, -0.15) is 9.97 Å². The molecule has 0 saturated carbocycles. The first-order valence-electron chi connectivity index (χ1n) is 12.2. The molecule has 1 aliphatic heterocycles. The lowest BCUT2D eigenvalue weighted by atomic mass is 10.2. The van der Waals surface area contributed by atoms with Crippen LogP contribution in [0.5, 0.6) is 5.88 Å². The van der Waals surface area contributed by atoms with Crippen LogP contribution in [0.1, 0.15) is 0 Å². The monoisotopic (exact) mass is 629 g/mol. The number of sulfonamides is 1. The van der Waals surface area contributed by atoms with Gasteiger partial charge in [-0.25, -0.2) is 18.4 Å². The Bertz CT molecular complexity index is 1650. The zero-order valence-corrected chi connectivity index (χ0v) is 24.7. The van der Waals surface area contributed by atoms with E-state index in [-0.39, 0.29) is 5.95 Å². The number of nitrogens with zero attached hydrogens (tertiary/aromatic N) is 9. The SMILES string of the molecule is COc1nc(N2CCN(C)CC2)ncc1Nc1ncc(Br)c(Nc2ccc3nccnc3c2N(C)S(C)(=O)=O)n1. The van der Waals surface area contributed by atoms with E-state index in [2.05, 4.69) is 73.3 Å². The summed E-state index contributed by atoms with van der Waals surface area (Å²) in [5.41, 5.74) is 2.26. The number of anilines is 6. The van der Waals surface area contributed by atoms with E-state index in [0.29, 0.717) is 50.2 Å². The van der Waals surface area contributed by atoms with Gasteiger partial charge in [-0.1, -0.05) is 0 Å². The lowest BCUT2D eigenvalue weighted by Crippen LogP contribution is -2.45. The van der Waals surface area contributed by atoms with Crippen molar-refractivity contribution in [3.63, 3.8) is 0 Å². The predicted octanol–water partition coefficient (Wildman–Crippen LogP) is 2.62. The maximum Gasteiger partial charge on any atom is 0.242 e. The highest BCUT2D eigenvalue weighted by Crippen LogP contribution is 2.36. The van der Waals surface area contributed by atoms with Gasteiger partial charge in [-0.05, 0) is 35.1 Å². The number of nitrogens with one attached hydrogen (secondary N) is 2. The molecule has 0 unspecified atom stereocenters. The second-order valence-electron chi connectivity index (χ2n) is 9.14. The number of hydrogen-bond acceptors (Lipinski definition) is 13. The Morgan fingerprint density at radius 2 is 1.73 bits per heavy atom. The number of halogens is 1. The van der Waals surface area contributed by atoms with E-state index in [4.69, 9.17) is 4.74 Å². The third-order valence-corrected chi connectivity index (χ3v) is 8.15. The Labute approximate surface area is 240 Å². The number of methoxy groups -OCH3 is 1. The molecule has 1 aliphatic rings. The highest BCUT2D eigenvalue weighted by atomic mass is 79.9. The maximum atomic E-state index is 12.5. The van der Waals surface area contributed by atoms with Crippen molar-refractivity contribution >= 4 is 71.8 Å². The first kappa shape index (κ1) is 27.7. The normalized spacial score (nSPS) is 14.3. The van der Waals surface area contributed by atoms with Crippen LogP contribution >= 0.6 is 15.9 Å². The standard InChI is InChI=1S/C24H28BrN11O3S/c1-34-9-11-36(12-10-34)24-29-14-18(22(33-24)39-3)31-23-28-13-15(25)21(32-23)30-17-6-5-16-19(27-8-7-26-16)20(17)35(2)40(4,37)38/h5-8,13-14H,9-12H2,1-4H3,(H2,28,30,31,32). The zero-order valence-electron chi connectivity index (χ0n) is 22.3. The quantitative estimate of drug-likeness (QED) is 0.293. The second-order valence-corrected chi connectivity index (χ2v) is 12.0. The van der Waals surface area contributed by atoms with Gasteiger partial charge in [0.05, 0.1) is 35.2 Å². The maximum absolute atomic E-state index is 12.5. The second kappa shape index (κ2) is 11.3. The minimum atomic E-state index is -3.61. The lowest BCUT2D eigenvalue weighted by Gasteiger charge is -2.32. The summed E-state index contributed by atoms with van der Waals surface area (Å²) in [6, 6.07) is 3.48. The van der Waals surface area contributed by atoms with Gasteiger partial charge in [-0.15, -0.1) is 0 Å². The molecule has 5 rings (SSSR count). The Kier molecular flexibility index (Phi) is 7.82. The molecule has 1 saturated heterocycles. The molecule has 0 atom stereocenters. The summed E-state index contributed by atoms with van der Waals surface area (Å²) >= 11 is 3.48. The van der Waals surface area contributed by atoms with Gasteiger partial charge in [0.1, 0.15) is 22.7 Å². The van der Waals surface area contributed by atoms with Crippen molar-refractivity contribution in [3.8, 4) is 5.88 Å². The van der Waals surface area contributed by atoms with E-state index in [1.807, 2.05) is 0 Å². The number of rotatable bonds is 8. The first-order chi connectivity index (χ1) is 19.1. The molecule has 1 aromatic carbocycles. The van der Waals surface area contributed by atoms with Gasteiger partial charge in [0.2, 0.25) is 27.8 Å². The minimum absolute atomic E-state index is 0.249. The Morgan fingerprint density at radius 3 is 2.45 bits per heavy atom. The molecule has 3 aromatic heterocycles. The predicted molar refractivity (Wildman–Crippen MR) is 157 cm³/mol. The summed E-state index contributed by atoms with van der Waals surface area (Å²) in [5.74, 6) is 1.59. The average Bonchev–Trinajstić information content (AvgIpc) is 2.94. The van der Waals surface area contributed by atoms with Gasteiger partial charge in [0.15, 0.2) is 0 Å². The van der Waals surface area contributed by atoms with Crippen molar-refractivity contribution in [3.05, 3.63) is 41.4 Å². The summed E-state index contributed by atoms with van der Waals surface area (Å²) in [4.78, 5) is 31.1. The van der Waals surface area contributed by atoms with Gasteiger partial charge >= 0.3 is 0 Å². The Balaban J connectivity index is 1.45. The van der Waals surface area contributed by atoms with Crippen LogP contribution in [0.3, 0.4) is 0 Å². The van der Waals surface area contributed by atoms with Crippen LogP contribution in [0.2, 0.25) is 0 Å². The topological polar surface area (TPSA) is 154 Å². The van der Waals surface area contributed by atoms with Crippen molar-refractivity contribution in [1.82, 2.24) is 34.8 Å². The van der Waals surface area contributed by atoms with Crippen molar-refractivity contribution < 1.29 is 13.2 Å². The van der Waals surface area contributed by atoms with Crippen LogP contribution in [0.4, 0.5) is 34.8 Å². The van der Waals surface area contributed by atoms with E-state index in [1.54, 1.807) is 37.8 Å². The molecule has 210 valence electrons.